The Kier molecular flexibility index (Phi) is 5.59. The van der Waals surface area contributed by atoms with Crippen LogP contribution in [0, 0.1) is 10.1 Å². The van der Waals surface area contributed by atoms with Gasteiger partial charge in [0.2, 0.25) is 5.91 Å². The number of hydrogen-bond acceptors (Lipinski definition) is 6. The molecule has 30 heavy (non-hydrogen) atoms. The van der Waals surface area contributed by atoms with Crippen LogP contribution in [0.3, 0.4) is 0 Å². The number of amides is 2. The summed E-state index contributed by atoms with van der Waals surface area (Å²) in [5.74, 6) is -1.45. The third kappa shape index (κ3) is 3.87. The number of benzene rings is 2. The molecule has 1 aromatic heterocycles. The summed E-state index contributed by atoms with van der Waals surface area (Å²) < 4.78 is 6.60. The molecule has 0 aliphatic carbocycles. The maximum Gasteiger partial charge on any atom is 0.398 e. The van der Waals surface area contributed by atoms with Crippen LogP contribution in [-0.4, -0.2) is 33.6 Å². The summed E-state index contributed by atoms with van der Waals surface area (Å²) in [5.41, 5.74) is 6.84. The molecule has 0 unspecified atom stereocenters. The second-order valence-electron chi connectivity index (χ2n) is 6.06. The van der Waals surface area contributed by atoms with Gasteiger partial charge in [-0.25, -0.2) is 0 Å². The Morgan fingerprint density at radius 3 is 2.63 bits per heavy atom. The largest absolute Gasteiger partial charge is 0.495 e. The molecule has 152 valence electrons. The van der Waals surface area contributed by atoms with Crippen molar-refractivity contribution in [3.8, 4) is 22.6 Å². The van der Waals surface area contributed by atoms with E-state index in [1.807, 2.05) is 0 Å². The Balaban J connectivity index is 2.15. The van der Waals surface area contributed by atoms with Gasteiger partial charge in [-0.1, -0.05) is 24.8 Å². The minimum absolute atomic E-state index is 0.0891. The summed E-state index contributed by atoms with van der Waals surface area (Å²) in [7, 11) is 1.34. The van der Waals surface area contributed by atoms with E-state index in [4.69, 9.17) is 10.5 Å². The molecule has 2 aromatic carbocycles. The fourth-order valence-corrected chi connectivity index (χ4v) is 2.90. The molecule has 0 aliphatic heterocycles. The Bertz CT molecular complexity index is 1170. The van der Waals surface area contributed by atoms with Crippen LogP contribution >= 0.6 is 0 Å². The van der Waals surface area contributed by atoms with E-state index in [1.54, 1.807) is 36.4 Å². The maximum absolute atomic E-state index is 11.7. The molecule has 0 fully saturated rings. The van der Waals surface area contributed by atoms with Crippen molar-refractivity contribution >= 4 is 23.3 Å². The number of hydrogen-bond donors (Lipinski definition) is 2. The van der Waals surface area contributed by atoms with E-state index < -0.39 is 22.6 Å². The number of nitrogens with one attached hydrogen (secondary N) is 1. The summed E-state index contributed by atoms with van der Waals surface area (Å²) in [6.45, 7) is 3.39. The Labute approximate surface area is 170 Å². The second kappa shape index (κ2) is 8.27. The molecule has 0 saturated heterocycles. The highest BCUT2D eigenvalue weighted by Gasteiger charge is 2.27. The number of carbonyl (C=O) groups excluding carboxylic acids is 2. The van der Waals surface area contributed by atoms with Crippen LogP contribution in [0.4, 0.5) is 11.5 Å². The topological polar surface area (TPSA) is 142 Å². The van der Waals surface area contributed by atoms with Gasteiger partial charge >= 0.3 is 5.82 Å². The van der Waals surface area contributed by atoms with Crippen LogP contribution in [0.15, 0.2) is 61.3 Å². The summed E-state index contributed by atoms with van der Waals surface area (Å²) in [6, 6.07) is 11.2. The molecule has 0 bridgehead atoms. The van der Waals surface area contributed by atoms with Gasteiger partial charge in [-0.2, -0.15) is 0 Å². The predicted octanol–water partition coefficient (Wildman–Crippen LogP) is 2.68. The van der Waals surface area contributed by atoms with Crippen LogP contribution in [0.5, 0.6) is 5.75 Å². The van der Waals surface area contributed by atoms with Gasteiger partial charge in [-0.3, -0.25) is 9.59 Å². The normalized spacial score (nSPS) is 10.3. The van der Waals surface area contributed by atoms with E-state index in [1.165, 1.54) is 24.1 Å². The standard InChI is InChI=1S/C20H17N5O5/c1-3-17(26)22-12-6-4-7-13(10-12)24-11-16(20(23-24)25(28)29)14-8-5-9-15(19(21)27)18(14)30-2/h3-11H,1H2,2H3,(H2,21,27)(H,22,26). The fraction of sp³-hybridized carbons (Fsp3) is 0.0500. The lowest BCUT2D eigenvalue weighted by Gasteiger charge is -2.10. The highest BCUT2D eigenvalue weighted by Crippen LogP contribution is 2.38. The Morgan fingerprint density at radius 1 is 1.27 bits per heavy atom. The van der Waals surface area contributed by atoms with E-state index in [9.17, 15) is 19.7 Å². The lowest BCUT2D eigenvalue weighted by molar-refractivity contribution is -0.389. The van der Waals surface area contributed by atoms with E-state index >= 15 is 0 Å². The quantitative estimate of drug-likeness (QED) is 0.350. The number of ether oxygens (including phenoxy) is 1. The molecule has 3 N–H and O–H groups in total. The minimum Gasteiger partial charge on any atom is -0.495 e. The predicted molar refractivity (Wildman–Crippen MR) is 110 cm³/mol. The Hall–Kier alpha value is -4.47. The molecular formula is C20H17N5O5. The summed E-state index contributed by atoms with van der Waals surface area (Å²) >= 11 is 0. The van der Waals surface area contributed by atoms with Gasteiger partial charge in [0.1, 0.15) is 11.3 Å². The number of nitrogens with two attached hydrogens (primary N) is 1. The van der Waals surface area contributed by atoms with Crippen molar-refractivity contribution in [3.63, 3.8) is 0 Å². The second-order valence-corrected chi connectivity index (χ2v) is 6.06. The van der Waals surface area contributed by atoms with Gasteiger partial charge in [0.15, 0.2) is 0 Å². The van der Waals surface area contributed by atoms with Gasteiger partial charge in [-0.15, -0.1) is 4.68 Å². The number of anilines is 1. The number of nitrogens with zero attached hydrogens (tertiary/aromatic N) is 3. The van der Waals surface area contributed by atoms with Crippen LogP contribution in [-0.2, 0) is 4.79 Å². The number of rotatable bonds is 7. The minimum atomic E-state index is -0.727. The molecule has 0 aliphatic rings. The van der Waals surface area contributed by atoms with Crippen molar-refractivity contribution in [1.29, 1.82) is 0 Å². The lowest BCUT2D eigenvalue weighted by Crippen LogP contribution is -2.12. The molecule has 1 heterocycles. The van der Waals surface area contributed by atoms with E-state index in [0.29, 0.717) is 16.9 Å². The SMILES string of the molecule is C=CC(=O)Nc1cccc(-n2cc(-c3cccc(C(N)=O)c3OC)c([N+](=O)[O-])n2)c1. The molecule has 0 spiro atoms. The van der Waals surface area contributed by atoms with Crippen molar-refractivity contribution in [1.82, 2.24) is 9.78 Å². The first-order chi connectivity index (χ1) is 14.3. The molecule has 3 aromatic rings. The zero-order chi connectivity index (χ0) is 21.8. The molecule has 10 heteroatoms. The van der Waals surface area contributed by atoms with Gasteiger partial charge in [0.25, 0.3) is 5.91 Å². The van der Waals surface area contributed by atoms with Gasteiger partial charge in [0, 0.05) is 11.3 Å². The Morgan fingerprint density at radius 2 is 2.00 bits per heavy atom. The number of aromatic nitrogens is 2. The smallest absolute Gasteiger partial charge is 0.398 e. The van der Waals surface area contributed by atoms with Crippen LogP contribution < -0.4 is 15.8 Å². The highest BCUT2D eigenvalue weighted by atomic mass is 16.6. The maximum atomic E-state index is 11.7. The van der Waals surface area contributed by atoms with Gasteiger partial charge in [-0.05, 0) is 35.3 Å². The average molecular weight is 407 g/mol. The molecule has 0 saturated carbocycles. The van der Waals surface area contributed by atoms with Crippen molar-refractivity contribution in [2.24, 2.45) is 5.73 Å². The lowest BCUT2D eigenvalue weighted by atomic mass is 10.0. The number of primary amides is 1. The van der Waals surface area contributed by atoms with Gasteiger partial charge in [0.05, 0.1) is 29.7 Å². The monoisotopic (exact) mass is 407 g/mol. The van der Waals surface area contributed by atoms with E-state index in [2.05, 4.69) is 17.0 Å². The first kappa shape index (κ1) is 20.3. The average Bonchev–Trinajstić information content (AvgIpc) is 3.18. The molecule has 0 atom stereocenters. The molecule has 10 nitrogen and oxygen atoms in total. The summed E-state index contributed by atoms with van der Waals surface area (Å²) in [6.07, 6.45) is 2.57. The van der Waals surface area contributed by atoms with Crippen LogP contribution in [0.2, 0.25) is 0 Å². The molecule has 0 radical (unpaired) electrons. The number of methoxy groups -OCH3 is 1. The third-order valence-corrected chi connectivity index (χ3v) is 4.21. The molecular weight excluding hydrogens is 390 g/mol. The zero-order valence-corrected chi connectivity index (χ0v) is 15.9. The molecule has 2 amide bonds. The van der Waals surface area contributed by atoms with E-state index in [-0.39, 0.29) is 16.9 Å². The van der Waals surface area contributed by atoms with E-state index in [0.717, 1.165) is 6.08 Å². The first-order valence-corrected chi connectivity index (χ1v) is 8.60. The third-order valence-electron chi connectivity index (χ3n) is 4.21. The van der Waals surface area contributed by atoms with Crippen molar-refractivity contribution in [3.05, 3.63) is 77.0 Å². The zero-order valence-electron chi connectivity index (χ0n) is 15.9. The molecule has 3 rings (SSSR count). The number of carbonyl (C=O) groups is 2. The van der Waals surface area contributed by atoms with Crippen LogP contribution in [0.1, 0.15) is 10.4 Å². The summed E-state index contributed by atoms with van der Waals surface area (Å²) in [4.78, 5) is 34.2. The van der Waals surface area contributed by atoms with Crippen molar-refractivity contribution < 1.29 is 19.2 Å². The summed E-state index contributed by atoms with van der Waals surface area (Å²) in [5, 5.41) is 18.3. The highest BCUT2D eigenvalue weighted by molar-refractivity contribution is 5.99. The first-order valence-electron chi connectivity index (χ1n) is 8.60. The fourth-order valence-electron chi connectivity index (χ4n) is 2.90. The van der Waals surface area contributed by atoms with Crippen molar-refractivity contribution in [2.45, 2.75) is 0 Å². The van der Waals surface area contributed by atoms with Crippen molar-refractivity contribution in [2.75, 3.05) is 12.4 Å². The number of nitro groups is 1. The number of para-hydroxylation sites is 1. The van der Waals surface area contributed by atoms with Gasteiger partial charge < -0.3 is 25.9 Å². The van der Waals surface area contributed by atoms with Crippen LogP contribution in [0.25, 0.3) is 16.8 Å².